The highest BCUT2D eigenvalue weighted by Crippen LogP contribution is 2.18. The van der Waals surface area contributed by atoms with Crippen LogP contribution < -0.4 is 5.32 Å². The maximum absolute atomic E-state index is 13.2. The molecule has 22 heavy (non-hydrogen) atoms. The summed E-state index contributed by atoms with van der Waals surface area (Å²) in [4.78, 5) is 14.0. The molecule has 1 aromatic heterocycles. The number of furan rings is 1. The minimum atomic E-state index is -0.338. The zero-order valence-electron chi connectivity index (χ0n) is 12.5. The number of amides is 1. The van der Waals surface area contributed by atoms with Gasteiger partial charge in [-0.15, -0.1) is 0 Å². The van der Waals surface area contributed by atoms with E-state index in [1.54, 1.807) is 18.4 Å². The lowest BCUT2D eigenvalue weighted by Crippen LogP contribution is -2.35. The van der Waals surface area contributed by atoms with Crippen molar-refractivity contribution in [3.8, 4) is 0 Å². The van der Waals surface area contributed by atoms with Gasteiger partial charge < -0.3 is 9.73 Å². The Kier molecular flexibility index (Phi) is 5.74. The second-order valence-corrected chi connectivity index (χ2v) is 6.08. The van der Waals surface area contributed by atoms with Crippen LogP contribution in [-0.4, -0.2) is 31.4 Å². The van der Waals surface area contributed by atoms with Crippen LogP contribution in [-0.2, 0) is 11.2 Å². The van der Waals surface area contributed by atoms with Crippen LogP contribution in [0.2, 0.25) is 0 Å². The molecule has 0 aliphatic heterocycles. The van der Waals surface area contributed by atoms with E-state index >= 15 is 0 Å². The van der Waals surface area contributed by atoms with Crippen molar-refractivity contribution in [2.24, 2.45) is 0 Å². The van der Waals surface area contributed by atoms with Gasteiger partial charge in [0.05, 0.1) is 23.2 Å². The molecule has 118 valence electrons. The fraction of sp³-hybridized carbons (Fsp3) is 0.312. The molecule has 0 aliphatic carbocycles. The molecule has 1 atom stereocenters. The van der Waals surface area contributed by atoms with E-state index in [0.717, 1.165) is 11.3 Å². The maximum atomic E-state index is 13.2. The number of halogens is 2. The van der Waals surface area contributed by atoms with E-state index in [2.05, 4.69) is 21.2 Å². The molecule has 1 heterocycles. The fourth-order valence-electron chi connectivity index (χ4n) is 2.13. The van der Waals surface area contributed by atoms with Crippen LogP contribution in [0, 0.1) is 5.82 Å². The first-order valence-corrected chi connectivity index (χ1v) is 7.67. The molecule has 2 rings (SSSR count). The molecule has 1 aromatic carbocycles. The van der Waals surface area contributed by atoms with E-state index in [1.165, 1.54) is 6.07 Å². The first-order chi connectivity index (χ1) is 10.5. The minimum absolute atomic E-state index is 0.0288. The molecule has 0 radical (unpaired) electrons. The molecule has 0 saturated carbocycles. The van der Waals surface area contributed by atoms with E-state index in [9.17, 15) is 9.18 Å². The van der Waals surface area contributed by atoms with E-state index in [-0.39, 0.29) is 24.2 Å². The van der Waals surface area contributed by atoms with Crippen LogP contribution in [0.4, 0.5) is 4.39 Å². The number of nitrogens with one attached hydrogen (secondary N) is 1. The van der Waals surface area contributed by atoms with E-state index < -0.39 is 0 Å². The van der Waals surface area contributed by atoms with Crippen LogP contribution in [0.1, 0.15) is 17.4 Å². The van der Waals surface area contributed by atoms with Gasteiger partial charge in [-0.25, -0.2) is 4.39 Å². The molecule has 6 heteroatoms. The smallest absolute Gasteiger partial charge is 0.224 e. The molecule has 0 fully saturated rings. The van der Waals surface area contributed by atoms with Gasteiger partial charge in [0.15, 0.2) is 0 Å². The van der Waals surface area contributed by atoms with Gasteiger partial charge in [0.2, 0.25) is 5.91 Å². The Morgan fingerprint density at radius 3 is 2.77 bits per heavy atom. The SMILES string of the molecule is CN(C)C(CNC(=O)Cc1ccc(F)c(Br)c1)c1ccco1. The second kappa shape index (κ2) is 7.56. The third-order valence-corrected chi connectivity index (χ3v) is 3.94. The van der Waals surface area contributed by atoms with Crippen LogP contribution in [0.3, 0.4) is 0 Å². The number of benzene rings is 1. The van der Waals surface area contributed by atoms with Gasteiger partial charge in [0.1, 0.15) is 11.6 Å². The zero-order valence-corrected chi connectivity index (χ0v) is 14.1. The number of hydrogen-bond donors (Lipinski definition) is 1. The lowest BCUT2D eigenvalue weighted by molar-refractivity contribution is -0.120. The van der Waals surface area contributed by atoms with E-state index in [0.29, 0.717) is 11.0 Å². The van der Waals surface area contributed by atoms with Crippen molar-refractivity contribution < 1.29 is 13.6 Å². The zero-order chi connectivity index (χ0) is 16.1. The van der Waals surface area contributed by atoms with E-state index in [1.807, 2.05) is 31.1 Å². The summed E-state index contributed by atoms with van der Waals surface area (Å²) in [7, 11) is 3.85. The largest absolute Gasteiger partial charge is 0.468 e. The Hall–Kier alpha value is -1.66. The van der Waals surface area contributed by atoms with Gasteiger partial charge in [-0.05, 0) is 59.9 Å². The van der Waals surface area contributed by atoms with Crippen LogP contribution in [0.5, 0.6) is 0 Å². The van der Waals surface area contributed by atoms with Crippen molar-refractivity contribution in [3.05, 3.63) is 58.2 Å². The van der Waals surface area contributed by atoms with Crippen molar-refractivity contribution in [2.45, 2.75) is 12.5 Å². The summed E-state index contributed by atoms with van der Waals surface area (Å²) in [6, 6.07) is 8.25. The van der Waals surface area contributed by atoms with Crippen molar-refractivity contribution in [2.75, 3.05) is 20.6 Å². The number of carbonyl (C=O) groups excluding carboxylic acids is 1. The van der Waals surface area contributed by atoms with Crippen molar-refractivity contribution in [1.82, 2.24) is 10.2 Å². The first kappa shape index (κ1) is 16.7. The van der Waals surface area contributed by atoms with Crippen molar-refractivity contribution in [3.63, 3.8) is 0 Å². The number of rotatable bonds is 6. The number of hydrogen-bond acceptors (Lipinski definition) is 3. The van der Waals surface area contributed by atoms with Crippen LogP contribution in [0.25, 0.3) is 0 Å². The monoisotopic (exact) mass is 368 g/mol. The highest BCUT2D eigenvalue weighted by molar-refractivity contribution is 9.10. The number of carbonyl (C=O) groups is 1. The molecule has 1 N–H and O–H groups in total. The Balaban J connectivity index is 1.92. The molecule has 0 bridgehead atoms. The Morgan fingerprint density at radius 2 is 2.18 bits per heavy atom. The minimum Gasteiger partial charge on any atom is -0.468 e. The fourth-order valence-corrected chi connectivity index (χ4v) is 2.55. The molecule has 1 amide bonds. The van der Waals surface area contributed by atoms with Gasteiger partial charge in [0, 0.05) is 6.54 Å². The molecule has 2 aromatic rings. The normalized spacial score (nSPS) is 12.4. The van der Waals surface area contributed by atoms with Gasteiger partial charge in [-0.2, -0.15) is 0 Å². The number of nitrogens with zero attached hydrogens (tertiary/aromatic N) is 1. The predicted molar refractivity (Wildman–Crippen MR) is 85.9 cm³/mol. The highest BCUT2D eigenvalue weighted by atomic mass is 79.9. The third kappa shape index (κ3) is 4.42. The predicted octanol–water partition coefficient (Wildman–Crippen LogP) is 3.14. The summed E-state index contributed by atoms with van der Waals surface area (Å²) in [5.41, 5.74) is 0.755. The summed E-state index contributed by atoms with van der Waals surface area (Å²) < 4.78 is 18.9. The number of likely N-dealkylation sites (N-methyl/N-ethyl adjacent to an activating group) is 1. The van der Waals surface area contributed by atoms with Crippen LogP contribution in [0.15, 0.2) is 45.5 Å². The molecular weight excluding hydrogens is 351 g/mol. The molecule has 0 aliphatic rings. The summed E-state index contributed by atoms with van der Waals surface area (Å²) in [6.07, 6.45) is 1.82. The average molecular weight is 369 g/mol. The molecule has 0 spiro atoms. The molecule has 4 nitrogen and oxygen atoms in total. The molecular formula is C16H18BrFN2O2. The van der Waals surface area contributed by atoms with Gasteiger partial charge in [-0.3, -0.25) is 9.69 Å². The van der Waals surface area contributed by atoms with Crippen molar-refractivity contribution >= 4 is 21.8 Å². The van der Waals surface area contributed by atoms with Crippen LogP contribution >= 0.6 is 15.9 Å². The Bertz CT molecular complexity index is 629. The first-order valence-electron chi connectivity index (χ1n) is 6.88. The average Bonchev–Trinajstić information content (AvgIpc) is 2.97. The second-order valence-electron chi connectivity index (χ2n) is 5.22. The van der Waals surface area contributed by atoms with Crippen molar-refractivity contribution in [1.29, 1.82) is 0 Å². The Labute approximate surface area is 137 Å². The van der Waals surface area contributed by atoms with Gasteiger partial charge in [0.25, 0.3) is 0 Å². The summed E-state index contributed by atoms with van der Waals surface area (Å²) in [5.74, 6) is 0.349. The van der Waals surface area contributed by atoms with Gasteiger partial charge in [-0.1, -0.05) is 6.07 Å². The molecule has 0 saturated heterocycles. The maximum Gasteiger partial charge on any atom is 0.224 e. The van der Waals surface area contributed by atoms with Gasteiger partial charge >= 0.3 is 0 Å². The lowest BCUT2D eigenvalue weighted by atomic mass is 10.1. The standard InChI is InChI=1S/C16H18BrFN2O2/c1-20(2)14(15-4-3-7-22-15)10-19-16(21)9-11-5-6-13(18)12(17)8-11/h3-8,14H,9-10H2,1-2H3,(H,19,21). The molecule has 1 unspecified atom stereocenters. The summed E-state index contributed by atoms with van der Waals surface area (Å²) in [5, 5.41) is 2.89. The topological polar surface area (TPSA) is 45.5 Å². The third-order valence-electron chi connectivity index (χ3n) is 3.34. The van der Waals surface area contributed by atoms with E-state index in [4.69, 9.17) is 4.42 Å². The lowest BCUT2D eigenvalue weighted by Gasteiger charge is -2.22. The quantitative estimate of drug-likeness (QED) is 0.851. The Morgan fingerprint density at radius 1 is 1.41 bits per heavy atom. The summed E-state index contributed by atoms with van der Waals surface area (Å²) >= 11 is 3.12. The highest BCUT2D eigenvalue weighted by Gasteiger charge is 2.17. The summed E-state index contributed by atoms with van der Waals surface area (Å²) in [6.45, 7) is 0.446.